The van der Waals surface area contributed by atoms with Crippen molar-refractivity contribution >= 4 is 23.2 Å². The molecular formula is C20H20CoP+3. The fourth-order valence-electron chi connectivity index (χ4n) is 3.04. The molecular weight excluding hydrogens is 330 g/mol. The summed E-state index contributed by atoms with van der Waals surface area (Å²) in [7, 11) is -1.53. The van der Waals surface area contributed by atoms with Crippen LogP contribution in [-0.4, -0.2) is 6.16 Å². The summed E-state index contributed by atoms with van der Waals surface area (Å²) in [5.74, 6) is 0. The molecule has 3 aromatic rings. The molecule has 0 aliphatic carbocycles. The quantitative estimate of drug-likeness (QED) is 0.624. The van der Waals surface area contributed by atoms with Gasteiger partial charge in [0.2, 0.25) is 0 Å². The molecule has 0 bridgehead atoms. The van der Waals surface area contributed by atoms with Gasteiger partial charge in [0.15, 0.2) is 0 Å². The van der Waals surface area contributed by atoms with Gasteiger partial charge in [-0.2, -0.15) is 0 Å². The van der Waals surface area contributed by atoms with Gasteiger partial charge in [-0.25, -0.2) is 0 Å². The van der Waals surface area contributed by atoms with E-state index in [0.717, 1.165) is 6.16 Å². The van der Waals surface area contributed by atoms with Crippen molar-refractivity contribution in [1.29, 1.82) is 0 Å². The minimum absolute atomic E-state index is 0. The predicted molar refractivity (Wildman–Crippen MR) is 95.7 cm³/mol. The second-order valence-electron chi connectivity index (χ2n) is 5.13. The summed E-state index contributed by atoms with van der Waals surface area (Å²) in [6, 6.07) is 33.0. The van der Waals surface area contributed by atoms with Crippen LogP contribution < -0.4 is 15.9 Å². The van der Waals surface area contributed by atoms with E-state index >= 15 is 0 Å². The summed E-state index contributed by atoms with van der Waals surface area (Å²) in [6.07, 6.45) is 1.14. The minimum Gasteiger partial charge on any atom is -0.0620 e. The molecule has 3 rings (SSSR count). The van der Waals surface area contributed by atoms with Gasteiger partial charge in [-0.1, -0.05) is 54.6 Å². The normalized spacial score (nSPS) is 10.8. The molecule has 0 aromatic heterocycles. The van der Waals surface area contributed by atoms with Crippen LogP contribution in [0.3, 0.4) is 0 Å². The van der Waals surface area contributed by atoms with E-state index in [1.54, 1.807) is 0 Å². The van der Waals surface area contributed by atoms with Crippen molar-refractivity contribution in [3.63, 3.8) is 0 Å². The molecule has 0 aliphatic rings. The van der Waals surface area contributed by atoms with Crippen LogP contribution in [0, 0.1) is 0 Å². The Morgan fingerprint density at radius 3 is 1.05 bits per heavy atom. The molecule has 0 nitrogen and oxygen atoms in total. The number of benzene rings is 3. The molecule has 0 saturated heterocycles. The second-order valence-corrected chi connectivity index (χ2v) is 8.93. The minimum atomic E-state index is -1.53. The Bertz CT molecular complexity index is 584. The van der Waals surface area contributed by atoms with E-state index in [-0.39, 0.29) is 16.8 Å². The molecule has 0 atom stereocenters. The van der Waals surface area contributed by atoms with E-state index in [1.165, 1.54) is 15.9 Å². The smallest absolute Gasteiger partial charge is 0.0620 e. The van der Waals surface area contributed by atoms with Crippen molar-refractivity contribution in [2.75, 3.05) is 6.16 Å². The Morgan fingerprint density at radius 2 is 0.818 bits per heavy atom. The van der Waals surface area contributed by atoms with E-state index in [9.17, 15) is 0 Å². The van der Waals surface area contributed by atoms with Gasteiger partial charge in [0.1, 0.15) is 23.2 Å². The molecule has 111 valence electrons. The van der Waals surface area contributed by atoms with Crippen molar-refractivity contribution in [2.24, 2.45) is 0 Å². The van der Waals surface area contributed by atoms with Crippen LogP contribution in [0.2, 0.25) is 0 Å². The first-order valence-corrected chi connectivity index (χ1v) is 9.40. The molecule has 0 amide bonds. The van der Waals surface area contributed by atoms with Crippen LogP contribution in [0.15, 0.2) is 91.0 Å². The van der Waals surface area contributed by atoms with Crippen LogP contribution in [-0.2, 0) is 16.8 Å². The van der Waals surface area contributed by atoms with Crippen LogP contribution in [0.5, 0.6) is 0 Å². The van der Waals surface area contributed by atoms with Crippen LogP contribution in [0.4, 0.5) is 0 Å². The van der Waals surface area contributed by atoms with Crippen molar-refractivity contribution in [3.05, 3.63) is 91.0 Å². The van der Waals surface area contributed by atoms with Crippen molar-refractivity contribution < 1.29 is 16.8 Å². The van der Waals surface area contributed by atoms with Crippen LogP contribution in [0.25, 0.3) is 0 Å². The molecule has 0 aliphatic heterocycles. The van der Waals surface area contributed by atoms with Crippen molar-refractivity contribution in [2.45, 2.75) is 6.92 Å². The molecule has 0 heterocycles. The van der Waals surface area contributed by atoms with Gasteiger partial charge in [0, 0.05) is 0 Å². The molecule has 0 spiro atoms. The first-order valence-electron chi connectivity index (χ1n) is 7.43. The van der Waals surface area contributed by atoms with Gasteiger partial charge < -0.3 is 0 Å². The maximum absolute atomic E-state index is 2.32. The fourth-order valence-corrected chi connectivity index (χ4v) is 7.08. The summed E-state index contributed by atoms with van der Waals surface area (Å²) in [5.41, 5.74) is 0. The summed E-state index contributed by atoms with van der Waals surface area (Å²) in [4.78, 5) is 0. The summed E-state index contributed by atoms with van der Waals surface area (Å²) < 4.78 is 0. The summed E-state index contributed by atoms with van der Waals surface area (Å²) >= 11 is 0. The monoisotopic (exact) mass is 350 g/mol. The molecule has 2 heteroatoms. The van der Waals surface area contributed by atoms with Gasteiger partial charge in [-0.05, 0) is 43.3 Å². The van der Waals surface area contributed by atoms with Crippen molar-refractivity contribution in [1.82, 2.24) is 0 Å². The Morgan fingerprint density at radius 1 is 0.545 bits per heavy atom. The summed E-state index contributed by atoms with van der Waals surface area (Å²) in [6.45, 7) is 2.32. The zero-order valence-corrected chi connectivity index (χ0v) is 14.6. The second kappa shape index (κ2) is 7.74. The zero-order chi connectivity index (χ0) is 14.5. The standard InChI is InChI=1S/C20H20P.Co/c1-2-21(18-12-6-3-7-13-18,19-14-8-4-9-15-19)20-16-10-5-11-17-20;/h3-17H,2H2,1H3;/q+1;+2. The van der Waals surface area contributed by atoms with E-state index in [4.69, 9.17) is 0 Å². The third-order valence-electron chi connectivity index (χ3n) is 4.07. The van der Waals surface area contributed by atoms with Gasteiger partial charge in [-0.3, -0.25) is 0 Å². The average molecular weight is 350 g/mol. The third kappa shape index (κ3) is 3.03. The van der Waals surface area contributed by atoms with Gasteiger partial charge in [0.25, 0.3) is 0 Å². The Kier molecular flexibility index (Phi) is 5.96. The van der Waals surface area contributed by atoms with Crippen molar-refractivity contribution in [3.8, 4) is 0 Å². The maximum Gasteiger partial charge on any atom is 2.00 e. The largest absolute Gasteiger partial charge is 2.00 e. The average Bonchev–Trinajstić information content (AvgIpc) is 2.59. The SMILES string of the molecule is CC[P+](c1ccccc1)(c1ccccc1)c1ccccc1.[Co+2]. The Hall–Kier alpha value is -1.40. The van der Waals surface area contributed by atoms with Crippen LogP contribution >= 0.6 is 7.26 Å². The first-order chi connectivity index (χ1) is 10.4. The zero-order valence-electron chi connectivity index (χ0n) is 12.6. The number of hydrogen-bond acceptors (Lipinski definition) is 0. The predicted octanol–water partition coefficient (Wildman–Crippen LogP) is 4.00. The molecule has 3 aromatic carbocycles. The molecule has 0 N–H and O–H groups in total. The van der Waals surface area contributed by atoms with E-state index < -0.39 is 7.26 Å². The molecule has 0 saturated carbocycles. The van der Waals surface area contributed by atoms with Gasteiger partial charge in [-0.15, -0.1) is 0 Å². The number of rotatable bonds is 4. The van der Waals surface area contributed by atoms with E-state index in [0.29, 0.717) is 0 Å². The molecule has 1 radical (unpaired) electrons. The third-order valence-corrected chi connectivity index (χ3v) is 8.55. The topological polar surface area (TPSA) is 0 Å². The first kappa shape index (κ1) is 17.0. The van der Waals surface area contributed by atoms with Gasteiger partial charge in [0.05, 0.1) is 6.16 Å². The molecule has 0 fully saturated rings. The van der Waals surface area contributed by atoms with E-state index in [1.807, 2.05) is 0 Å². The maximum atomic E-state index is 2.32. The van der Waals surface area contributed by atoms with E-state index in [2.05, 4.69) is 97.9 Å². The Labute approximate surface area is 144 Å². The molecule has 0 unspecified atom stereocenters. The Balaban J connectivity index is 0.00000176. The van der Waals surface area contributed by atoms with Gasteiger partial charge >= 0.3 is 16.8 Å². The molecule has 22 heavy (non-hydrogen) atoms. The fraction of sp³-hybridized carbons (Fsp3) is 0.100. The van der Waals surface area contributed by atoms with Crippen LogP contribution in [0.1, 0.15) is 6.92 Å². The number of hydrogen-bond donors (Lipinski definition) is 0. The summed E-state index contributed by atoms with van der Waals surface area (Å²) in [5, 5.41) is 4.39.